The third-order valence-corrected chi connectivity index (χ3v) is 5.22. The summed E-state index contributed by atoms with van der Waals surface area (Å²) in [6, 6.07) is 5.07. The topological polar surface area (TPSA) is 99.3 Å². The number of hydrogen-bond acceptors (Lipinski definition) is 3. The molecule has 0 saturated carbocycles. The summed E-state index contributed by atoms with van der Waals surface area (Å²) in [5.74, 6) is -0.0785. The Morgan fingerprint density at radius 3 is 2.43 bits per heavy atom. The monoisotopic (exact) mass is 310 g/mol. The van der Waals surface area contributed by atoms with Crippen LogP contribution >= 0.6 is 0 Å². The quantitative estimate of drug-likeness (QED) is 0.584. The molecule has 1 aromatic rings. The van der Waals surface area contributed by atoms with Gasteiger partial charge in [0.2, 0.25) is 0 Å². The second kappa shape index (κ2) is 6.44. The zero-order chi connectivity index (χ0) is 15.5. The van der Waals surface area contributed by atoms with Gasteiger partial charge in [0.25, 0.3) is 0 Å². The summed E-state index contributed by atoms with van der Waals surface area (Å²) in [4.78, 5) is 0. The van der Waals surface area contributed by atoms with E-state index in [9.17, 15) is 8.42 Å². The van der Waals surface area contributed by atoms with Crippen molar-refractivity contribution in [1.29, 1.82) is 5.41 Å². The van der Waals surface area contributed by atoms with Gasteiger partial charge in [0.1, 0.15) is 5.84 Å². The van der Waals surface area contributed by atoms with Crippen molar-refractivity contribution in [3.8, 4) is 0 Å². The number of aryl methyl sites for hydroxylation is 1. The lowest BCUT2D eigenvalue weighted by atomic mass is 10.1. The van der Waals surface area contributed by atoms with Crippen molar-refractivity contribution < 1.29 is 8.42 Å². The van der Waals surface area contributed by atoms with Gasteiger partial charge in [-0.2, -0.15) is 12.7 Å². The molecule has 0 unspecified atom stereocenters. The Balaban J connectivity index is 2.23. The predicted molar refractivity (Wildman–Crippen MR) is 84.8 cm³/mol. The zero-order valence-corrected chi connectivity index (χ0v) is 13.0. The molecule has 2 rings (SSSR count). The van der Waals surface area contributed by atoms with Crippen LogP contribution in [0.1, 0.15) is 36.8 Å². The van der Waals surface area contributed by atoms with Crippen LogP contribution in [0.5, 0.6) is 0 Å². The minimum Gasteiger partial charge on any atom is -0.384 e. The molecule has 0 spiro atoms. The molecule has 1 saturated heterocycles. The number of amidine groups is 1. The number of rotatable bonds is 4. The highest BCUT2D eigenvalue weighted by atomic mass is 32.2. The second-order valence-electron chi connectivity index (χ2n) is 5.36. The number of nitrogens with zero attached hydrogens (tertiary/aromatic N) is 1. The first kappa shape index (κ1) is 15.8. The van der Waals surface area contributed by atoms with E-state index >= 15 is 0 Å². The lowest BCUT2D eigenvalue weighted by Crippen LogP contribution is -2.36. The Labute approximate surface area is 126 Å². The fourth-order valence-corrected chi connectivity index (χ4v) is 3.75. The van der Waals surface area contributed by atoms with Crippen molar-refractivity contribution >= 4 is 21.7 Å². The van der Waals surface area contributed by atoms with Crippen LogP contribution in [-0.2, 0) is 10.2 Å². The zero-order valence-electron chi connectivity index (χ0n) is 12.2. The molecule has 0 atom stereocenters. The first-order valence-corrected chi connectivity index (χ1v) is 8.57. The van der Waals surface area contributed by atoms with Crippen LogP contribution in [0, 0.1) is 12.3 Å². The number of nitrogens with two attached hydrogens (primary N) is 1. The normalized spacial score (nSPS) is 17.2. The number of benzene rings is 1. The van der Waals surface area contributed by atoms with E-state index in [1.165, 1.54) is 4.31 Å². The molecule has 116 valence electrons. The summed E-state index contributed by atoms with van der Waals surface area (Å²) in [5, 5.41) is 7.45. The summed E-state index contributed by atoms with van der Waals surface area (Å²) in [6.07, 6.45) is 3.94. The third kappa shape index (κ3) is 3.95. The van der Waals surface area contributed by atoms with Gasteiger partial charge in [-0.15, -0.1) is 0 Å². The van der Waals surface area contributed by atoms with E-state index in [0.29, 0.717) is 24.3 Å². The summed E-state index contributed by atoms with van der Waals surface area (Å²) in [5.41, 5.74) is 7.25. The van der Waals surface area contributed by atoms with Crippen molar-refractivity contribution in [2.24, 2.45) is 5.73 Å². The van der Waals surface area contributed by atoms with Gasteiger partial charge in [-0.05, 0) is 31.4 Å². The molecule has 0 bridgehead atoms. The average Bonchev–Trinajstić information content (AvgIpc) is 2.70. The number of hydrogen-bond donors (Lipinski definition) is 3. The van der Waals surface area contributed by atoms with E-state index in [0.717, 1.165) is 31.2 Å². The number of nitrogens with one attached hydrogen (secondary N) is 2. The molecule has 0 radical (unpaired) electrons. The Morgan fingerprint density at radius 2 is 1.86 bits per heavy atom. The van der Waals surface area contributed by atoms with Crippen LogP contribution in [0.2, 0.25) is 0 Å². The van der Waals surface area contributed by atoms with E-state index in [-0.39, 0.29) is 5.84 Å². The van der Waals surface area contributed by atoms with Crippen molar-refractivity contribution in [3.05, 3.63) is 29.3 Å². The highest BCUT2D eigenvalue weighted by molar-refractivity contribution is 7.90. The van der Waals surface area contributed by atoms with E-state index < -0.39 is 10.2 Å². The van der Waals surface area contributed by atoms with Crippen LogP contribution in [0.3, 0.4) is 0 Å². The van der Waals surface area contributed by atoms with Crippen LogP contribution in [0.4, 0.5) is 5.69 Å². The van der Waals surface area contributed by atoms with Crippen molar-refractivity contribution in [1.82, 2.24) is 4.31 Å². The molecular weight excluding hydrogens is 288 g/mol. The molecule has 0 aromatic heterocycles. The molecule has 6 nitrogen and oxygen atoms in total. The minimum atomic E-state index is -3.55. The van der Waals surface area contributed by atoms with Gasteiger partial charge >= 0.3 is 10.2 Å². The molecule has 1 fully saturated rings. The summed E-state index contributed by atoms with van der Waals surface area (Å²) in [6.45, 7) is 2.94. The van der Waals surface area contributed by atoms with Gasteiger partial charge in [0.05, 0.1) is 5.69 Å². The van der Waals surface area contributed by atoms with Gasteiger partial charge in [-0.3, -0.25) is 10.1 Å². The summed E-state index contributed by atoms with van der Waals surface area (Å²) < 4.78 is 29.1. The third-order valence-electron chi connectivity index (χ3n) is 3.69. The molecule has 7 heteroatoms. The Kier molecular flexibility index (Phi) is 4.84. The second-order valence-corrected chi connectivity index (χ2v) is 7.03. The van der Waals surface area contributed by atoms with Crippen LogP contribution in [0.15, 0.2) is 18.2 Å². The molecule has 1 aromatic carbocycles. The van der Waals surface area contributed by atoms with Gasteiger partial charge in [-0.25, -0.2) is 0 Å². The lowest BCUT2D eigenvalue weighted by molar-refractivity contribution is 0.427. The van der Waals surface area contributed by atoms with Gasteiger partial charge in [0, 0.05) is 18.7 Å². The average molecular weight is 310 g/mol. The fourth-order valence-electron chi connectivity index (χ4n) is 2.39. The van der Waals surface area contributed by atoms with Crippen LogP contribution < -0.4 is 10.5 Å². The van der Waals surface area contributed by atoms with Crippen LogP contribution in [-0.4, -0.2) is 31.6 Å². The molecular formula is C14H22N4O2S. The molecule has 1 aliphatic rings. The number of anilines is 1. The maximum atomic E-state index is 12.5. The molecule has 0 aliphatic carbocycles. The van der Waals surface area contributed by atoms with E-state index in [1.54, 1.807) is 18.2 Å². The first-order valence-electron chi connectivity index (χ1n) is 7.13. The highest BCUT2D eigenvalue weighted by Gasteiger charge is 2.23. The minimum absolute atomic E-state index is 0.0785. The SMILES string of the molecule is Cc1ccc(C(=N)N)cc1NS(=O)(=O)N1CCCCCC1. The molecule has 0 amide bonds. The van der Waals surface area contributed by atoms with E-state index in [1.807, 2.05) is 6.92 Å². The Morgan fingerprint density at radius 1 is 1.24 bits per heavy atom. The van der Waals surface area contributed by atoms with Gasteiger partial charge in [-0.1, -0.05) is 25.0 Å². The lowest BCUT2D eigenvalue weighted by Gasteiger charge is -2.21. The van der Waals surface area contributed by atoms with Crippen molar-refractivity contribution in [2.75, 3.05) is 17.8 Å². The summed E-state index contributed by atoms with van der Waals surface area (Å²) >= 11 is 0. The van der Waals surface area contributed by atoms with Crippen molar-refractivity contribution in [3.63, 3.8) is 0 Å². The van der Waals surface area contributed by atoms with E-state index in [4.69, 9.17) is 11.1 Å². The molecule has 21 heavy (non-hydrogen) atoms. The van der Waals surface area contributed by atoms with Gasteiger partial charge in [0.15, 0.2) is 0 Å². The molecule has 1 aliphatic heterocycles. The standard InChI is InChI=1S/C14H22N4O2S/c1-11-6-7-12(14(15)16)10-13(11)17-21(19,20)18-8-4-2-3-5-9-18/h6-7,10,17H,2-5,8-9H2,1H3,(H3,15,16). The smallest absolute Gasteiger partial charge is 0.301 e. The fraction of sp³-hybridized carbons (Fsp3) is 0.500. The predicted octanol–water partition coefficient (Wildman–Crippen LogP) is 1.81. The number of nitrogen functional groups attached to an aromatic ring is 1. The van der Waals surface area contributed by atoms with Gasteiger partial charge < -0.3 is 5.73 Å². The Hall–Kier alpha value is -1.60. The molecule has 1 heterocycles. The summed E-state index contributed by atoms with van der Waals surface area (Å²) in [7, 11) is -3.55. The first-order chi connectivity index (χ1) is 9.90. The largest absolute Gasteiger partial charge is 0.384 e. The van der Waals surface area contributed by atoms with Crippen molar-refractivity contribution in [2.45, 2.75) is 32.6 Å². The maximum absolute atomic E-state index is 12.5. The highest BCUT2D eigenvalue weighted by Crippen LogP contribution is 2.21. The van der Waals surface area contributed by atoms with E-state index in [2.05, 4.69) is 4.72 Å². The molecule has 4 N–H and O–H groups in total. The van der Waals surface area contributed by atoms with Crippen LogP contribution in [0.25, 0.3) is 0 Å². The Bertz CT molecular complexity index is 620. The maximum Gasteiger partial charge on any atom is 0.301 e.